The highest BCUT2D eigenvalue weighted by atomic mass is 127. The summed E-state index contributed by atoms with van der Waals surface area (Å²) in [5.74, 6) is -0.191. The Kier molecular flexibility index (Phi) is 9.98. The molecule has 1 saturated heterocycles. The molecule has 0 saturated carbocycles. The van der Waals surface area contributed by atoms with Crippen LogP contribution in [0, 0.1) is 10.5 Å². The highest BCUT2D eigenvalue weighted by molar-refractivity contribution is 14.1. The van der Waals surface area contributed by atoms with Crippen LogP contribution < -0.4 is 24.6 Å². The Morgan fingerprint density at radius 1 is 0.796 bits per heavy atom. The van der Waals surface area contributed by atoms with Crippen molar-refractivity contribution in [3.63, 3.8) is 0 Å². The van der Waals surface area contributed by atoms with Crippen molar-refractivity contribution in [1.82, 2.24) is 5.32 Å². The van der Waals surface area contributed by atoms with Crippen LogP contribution in [-0.2, 0) is 16.2 Å². The third-order valence-corrected chi connectivity index (χ3v) is 11.3. The second-order valence-corrected chi connectivity index (χ2v) is 15.1. The lowest BCUT2D eigenvalue weighted by molar-refractivity contribution is -0.122. The topological polar surface area (TPSA) is 88.2 Å². The maximum absolute atomic E-state index is 14.5. The number of carbonyl (C=O) groups is 3. The van der Waals surface area contributed by atoms with Crippen molar-refractivity contribution in [2.45, 2.75) is 45.1 Å². The summed E-state index contributed by atoms with van der Waals surface area (Å²) in [7, 11) is 0. The van der Waals surface area contributed by atoms with Gasteiger partial charge in [0.15, 0.2) is 11.5 Å². The number of urea groups is 1. The number of halogens is 1. The van der Waals surface area contributed by atoms with Gasteiger partial charge in [0.1, 0.15) is 12.2 Å². The SMILES string of the molecule is CCOc1cc(/C=C2\C(=O)NC(=O)N(c3cc4c5c(c3)[C@@H](c3ccccc3)CCN5CC[C@@H]4c3ccccc3)C2=O)cc(I)c1OCc1cccc(C)c1. The Labute approximate surface area is 328 Å². The summed E-state index contributed by atoms with van der Waals surface area (Å²) in [6.45, 7) is 6.51. The lowest BCUT2D eigenvalue weighted by atomic mass is 9.76. The molecular formula is C45H40IN3O5. The number of nitrogens with zero attached hydrogens (tertiary/aromatic N) is 2. The van der Waals surface area contributed by atoms with Gasteiger partial charge in [-0.25, -0.2) is 9.69 Å². The van der Waals surface area contributed by atoms with Crippen LogP contribution in [0.15, 0.2) is 115 Å². The summed E-state index contributed by atoms with van der Waals surface area (Å²) in [5.41, 5.74) is 8.77. The third-order valence-electron chi connectivity index (χ3n) is 10.5. The first kappa shape index (κ1) is 35.6. The van der Waals surface area contributed by atoms with Crippen molar-refractivity contribution >= 4 is 57.9 Å². The lowest BCUT2D eigenvalue weighted by Crippen LogP contribution is -2.54. The molecular weight excluding hydrogens is 789 g/mol. The summed E-state index contributed by atoms with van der Waals surface area (Å²) in [5, 5.41) is 2.45. The number of rotatable bonds is 9. The molecule has 1 fully saturated rings. The van der Waals surface area contributed by atoms with Crippen LogP contribution in [0.4, 0.5) is 16.2 Å². The molecule has 0 aliphatic carbocycles. The molecule has 3 heterocycles. The van der Waals surface area contributed by atoms with Gasteiger partial charge in [-0.15, -0.1) is 0 Å². The number of aryl methyl sites for hydroxylation is 1. The van der Waals surface area contributed by atoms with Gasteiger partial charge < -0.3 is 14.4 Å². The molecule has 3 aliphatic rings. The Hall–Kier alpha value is -5.42. The second kappa shape index (κ2) is 15.1. The average Bonchev–Trinajstić information content (AvgIpc) is 3.17. The van der Waals surface area contributed by atoms with Crippen LogP contribution >= 0.6 is 22.6 Å². The summed E-state index contributed by atoms with van der Waals surface area (Å²) in [4.78, 5) is 45.2. The van der Waals surface area contributed by atoms with Gasteiger partial charge in [-0.2, -0.15) is 0 Å². The number of carbonyl (C=O) groups excluding carboxylic acids is 3. The van der Waals surface area contributed by atoms with Gasteiger partial charge >= 0.3 is 6.03 Å². The fraction of sp³-hybridized carbons (Fsp3) is 0.222. The Bertz CT molecular complexity index is 2220. The number of hydrogen-bond acceptors (Lipinski definition) is 6. The zero-order valence-corrected chi connectivity index (χ0v) is 32.3. The van der Waals surface area contributed by atoms with Gasteiger partial charge in [-0.3, -0.25) is 14.9 Å². The molecule has 1 N–H and O–H groups in total. The van der Waals surface area contributed by atoms with Crippen LogP contribution in [0.5, 0.6) is 11.5 Å². The summed E-state index contributed by atoms with van der Waals surface area (Å²) >= 11 is 2.18. The molecule has 0 radical (unpaired) electrons. The Morgan fingerprint density at radius 3 is 2.06 bits per heavy atom. The largest absolute Gasteiger partial charge is 0.490 e. The fourth-order valence-corrected chi connectivity index (χ4v) is 8.84. The fourth-order valence-electron chi connectivity index (χ4n) is 8.06. The molecule has 5 aromatic carbocycles. The van der Waals surface area contributed by atoms with E-state index in [1.54, 1.807) is 6.07 Å². The van der Waals surface area contributed by atoms with Gasteiger partial charge in [0.2, 0.25) is 0 Å². The van der Waals surface area contributed by atoms with Gasteiger partial charge in [0, 0.05) is 30.6 Å². The van der Waals surface area contributed by atoms with Crippen molar-refractivity contribution in [2.24, 2.45) is 0 Å². The van der Waals surface area contributed by atoms with Crippen molar-refractivity contribution < 1.29 is 23.9 Å². The number of amides is 4. The van der Waals surface area contributed by atoms with Crippen LogP contribution in [0.2, 0.25) is 0 Å². The van der Waals surface area contributed by atoms with Gasteiger partial charge in [0.05, 0.1) is 15.9 Å². The van der Waals surface area contributed by atoms with E-state index in [0.717, 1.165) is 56.7 Å². The zero-order valence-electron chi connectivity index (χ0n) is 30.2. The van der Waals surface area contributed by atoms with Crippen LogP contribution in [0.25, 0.3) is 6.08 Å². The average molecular weight is 830 g/mol. The monoisotopic (exact) mass is 829 g/mol. The Balaban J connectivity index is 1.19. The molecule has 0 unspecified atom stereocenters. The first-order valence-electron chi connectivity index (χ1n) is 18.4. The lowest BCUT2D eigenvalue weighted by Gasteiger charge is -2.44. The number of barbiturate groups is 1. The quantitative estimate of drug-likeness (QED) is 0.0907. The minimum absolute atomic E-state index is 0.0796. The molecule has 272 valence electrons. The molecule has 3 aliphatic heterocycles. The van der Waals surface area contributed by atoms with Crippen LogP contribution in [0.1, 0.15) is 70.5 Å². The molecule has 4 amide bonds. The molecule has 0 spiro atoms. The van der Waals surface area contributed by atoms with E-state index in [9.17, 15) is 14.4 Å². The third kappa shape index (κ3) is 6.88. The van der Waals surface area contributed by atoms with E-state index in [0.29, 0.717) is 36.0 Å². The standard InChI is InChI=1S/C45H40IN3O5/c1-3-53-40-24-30(23-39(46)42(40)54-27-29-12-10-11-28(2)21-29)22-38-43(50)47-45(52)49(44(38)51)33-25-36-34(31-13-6-4-7-14-31)17-19-48-20-18-35(37(26-33)41(36)48)32-15-8-5-9-16-32/h4-16,21-26,34-35H,3,17-20,27H2,1-2H3,(H,47,50,52)/b38-22+/t34-,35-/m1/s1. The summed E-state index contributed by atoms with van der Waals surface area (Å²) < 4.78 is 13.0. The molecule has 9 heteroatoms. The number of nitrogens with one attached hydrogen (secondary N) is 1. The normalized spacial score (nSPS) is 18.7. The summed E-state index contributed by atoms with van der Waals surface area (Å²) in [6.07, 6.45) is 3.34. The molecule has 0 aromatic heterocycles. The smallest absolute Gasteiger partial charge is 0.335 e. The number of benzene rings is 5. The molecule has 5 aromatic rings. The van der Waals surface area contributed by atoms with E-state index in [-0.39, 0.29) is 17.4 Å². The van der Waals surface area contributed by atoms with Gasteiger partial charge in [-0.1, -0.05) is 90.5 Å². The van der Waals surface area contributed by atoms with E-state index in [1.807, 2.05) is 62.4 Å². The molecule has 8 rings (SSSR count). The highest BCUT2D eigenvalue weighted by Gasteiger charge is 2.40. The van der Waals surface area contributed by atoms with Crippen molar-refractivity contribution in [2.75, 3.05) is 29.5 Å². The van der Waals surface area contributed by atoms with E-state index >= 15 is 0 Å². The number of imide groups is 2. The number of hydrogen-bond donors (Lipinski definition) is 1. The second-order valence-electron chi connectivity index (χ2n) is 14.0. The minimum Gasteiger partial charge on any atom is -0.490 e. The first-order chi connectivity index (χ1) is 26.3. The van der Waals surface area contributed by atoms with Crippen molar-refractivity contribution in [1.29, 1.82) is 0 Å². The number of anilines is 2. The Morgan fingerprint density at radius 2 is 1.44 bits per heavy atom. The van der Waals surface area contributed by atoms with Crippen molar-refractivity contribution in [3.05, 3.63) is 157 Å². The maximum atomic E-state index is 14.5. The minimum atomic E-state index is -0.769. The predicted molar refractivity (Wildman–Crippen MR) is 219 cm³/mol. The molecule has 0 bridgehead atoms. The highest BCUT2D eigenvalue weighted by Crippen LogP contribution is 2.50. The van der Waals surface area contributed by atoms with Crippen molar-refractivity contribution in [3.8, 4) is 11.5 Å². The first-order valence-corrected chi connectivity index (χ1v) is 19.5. The molecule has 54 heavy (non-hydrogen) atoms. The van der Waals surface area contributed by atoms with Gasteiger partial charge in [-0.05, 0) is 113 Å². The predicted octanol–water partition coefficient (Wildman–Crippen LogP) is 9.12. The van der Waals surface area contributed by atoms with Crippen LogP contribution in [-0.4, -0.2) is 37.5 Å². The maximum Gasteiger partial charge on any atom is 0.335 e. The van der Waals surface area contributed by atoms with E-state index in [1.165, 1.54) is 22.9 Å². The molecule has 8 nitrogen and oxygen atoms in total. The zero-order chi connectivity index (χ0) is 37.3. The van der Waals surface area contributed by atoms with Gasteiger partial charge in [0.25, 0.3) is 11.8 Å². The van der Waals surface area contributed by atoms with Crippen LogP contribution in [0.3, 0.4) is 0 Å². The van der Waals surface area contributed by atoms with E-state index < -0.39 is 17.8 Å². The summed E-state index contributed by atoms with van der Waals surface area (Å²) in [6, 6.07) is 35.7. The number of ether oxygens (including phenoxy) is 2. The molecule has 2 atom stereocenters. The van der Waals surface area contributed by atoms with E-state index in [2.05, 4.69) is 87.4 Å². The van der Waals surface area contributed by atoms with E-state index in [4.69, 9.17) is 9.47 Å².